The number of hydrogen-bond donors (Lipinski definition) is 0. The molecule has 6 nitrogen and oxygen atoms in total. The van der Waals surface area contributed by atoms with E-state index >= 15 is 0 Å². The van der Waals surface area contributed by atoms with Crippen LogP contribution in [0.2, 0.25) is 0 Å². The molecule has 1 aliphatic heterocycles. The molecule has 0 atom stereocenters. The summed E-state index contributed by atoms with van der Waals surface area (Å²) in [7, 11) is 0. The van der Waals surface area contributed by atoms with Crippen LogP contribution in [0.4, 0.5) is 17.1 Å². The number of nitrogens with zero attached hydrogens (tertiary/aromatic N) is 5. The maximum atomic E-state index is 6.29. The van der Waals surface area contributed by atoms with Gasteiger partial charge >= 0.3 is 0 Å². The quantitative estimate of drug-likeness (QED) is 0.184. The average Bonchev–Trinajstić information content (AvgIpc) is 3.75. The smallest absolute Gasteiger partial charge is 0.238 e. The van der Waals surface area contributed by atoms with E-state index in [-0.39, 0.29) is 0 Å². The summed E-state index contributed by atoms with van der Waals surface area (Å²) >= 11 is 1.81. The first-order valence-corrected chi connectivity index (χ1v) is 18.0. The van der Waals surface area contributed by atoms with E-state index in [0.29, 0.717) is 17.6 Å². The van der Waals surface area contributed by atoms with Crippen LogP contribution >= 0.6 is 11.8 Å². The normalized spacial score (nSPS) is 12.5. The van der Waals surface area contributed by atoms with E-state index in [1.807, 2.05) is 72.4 Å². The molecule has 0 saturated heterocycles. The van der Waals surface area contributed by atoms with Crippen molar-refractivity contribution in [2.45, 2.75) is 9.79 Å². The van der Waals surface area contributed by atoms with Gasteiger partial charge < -0.3 is 9.32 Å². The van der Waals surface area contributed by atoms with Gasteiger partial charge in [0.15, 0.2) is 11.6 Å². The Hall–Kier alpha value is -6.70. The van der Waals surface area contributed by atoms with Crippen LogP contribution in [0, 0.1) is 0 Å². The third-order valence-electron chi connectivity index (χ3n) is 9.83. The first-order valence-electron chi connectivity index (χ1n) is 17.2. The van der Waals surface area contributed by atoms with Crippen molar-refractivity contribution >= 4 is 72.6 Å². The number of anilines is 3. The van der Waals surface area contributed by atoms with Gasteiger partial charge in [-0.3, -0.25) is 4.57 Å². The molecule has 1 aliphatic rings. The van der Waals surface area contributed by atoms with Gasteiger partial charge in [-0.2, -0.15) is 9.97 Å². The summed E-state index contributed by atoms with van der Waals surface area (Å²) < 4.78 is 8.49. The molecule has 4 heterocycles. The Morgan fingerprint density at radius 3 is 2.08 bits per heavy atom. The standard InChI is InChI=1S/C45H27N5OS/c1-3-14-28(15-4-1)43-46-44(32-20-13-24-39-42(32)31-19-8-11-23-38(31)51-39)48-45(47-43)50-34-21-9-7-18-30(34)33-26-41-37(27-36(33)50)49(29-16-5-2-6-17-29)35-22-10-12-25-40(35)52-41/h1-27H. The molecule has 11 rings (SSSR count). The fraction of sp³-hybridized carbons (Fsp3) is 0. The Kier molecular flexibility index (Phi) is 6.38. The fourth-order valence-corrected chi connectivity index (χ4v) is 8.63. The third-order valence-corrected chi connectivity index (χ3v) is 10.9. The molecule has 0 fully saturated rings. The van der Waals surface area contributed by atoms with E-state index in [9.17, 15) is 0 Å². The Balaban J connectivity index is 1.22. The number of hydrogen-bond acceptors (Lipinski definition) is 6. The van der Waals surface area contributed by atoms with Crippen molar-refractivity contribution in [3.63, 3.8) is 0 Å². The Labute approximate surface area is 302 Å². The lowest BCUT2D eigenvalue weighted by atomic mass is 10.1. The van der Waals surface area contributed by atoms with Crippen LogP contribution in [-0.2, 0) is 0 Å². The van der Waals surface area contributed by atoms with Gasteiger partial charge in [-0.05, 0) is 54.6 Å². The molecular weight excluding hydrogens is 659 g/mol. The van der Waals surface area contributed by atoms with Crippen molar-refractivity contribution in [1.29, 1.82) is 0 Å². The fourth-order valence-electron chi connectivity index (χ4n) is 7.55. The second-order valence-electron chi connectivity index (χ2n) is 12.9. The summed E-state index contributed by atoms with van der Waals surface area (Å²) in [5, 5.41) is 4.29. The molecule has 244 valence electrons. The maximum absolute atomic E-state index is 6.29. The summed E-state index contributed by atoms with van der Waals surface area (Å²) in [4.78, 5) is 20.5. The number of fused-ring (bicyclic) bond motifs is 8. The molecule has 0 radical (unpaired) electrons. The summed E-state index contributed by atoms with van der Waals surface area (Å²) in [6.07, 6.45) is 0. The zero-order valence-corrected chi connectivity index (χ0v) is 28.5. The molecular formula is C45H27N5OS. The van der Waals surface area contributed by atoms with Gasteiger partial charge in [0.25, 0.3) is 0 Å². The minimum absolute atomic E-state index is 0.551. The van der Waals surface area contributed by atoms with E-state index < -0.39 is 0 Å². The van der Waals surface area contributed by atoms with Gasteiger partial charge in [0, 0.05) is 48.2 Å². The van der Waals surface area contributed by atoms with Crippen LogP contribution in [-0.4, -0.2) is 19.5 Å². The van der Waals surface area contributed by atoms with Crippen LogP contribution in [0.5, 0.6) is 0 Å². The van der Waals surface area contributed by atoms with E-state index in [2.05, 4.69) is 113 Å². The summed E-state index contributed by atoms with van der Waals surface area (Å²) in [5.74, 6) is 1.74. The summed E-state index contributed by atoms with van der Waals surface area (Å²) in [6, 6.07) is 56.7. The lowest BCUT2D eigenvalue weighted by Gasteiger charge is -2.33. The third kappa shape index (κ3) is 4.43. The molecule has 0 bridgehead atoms. The number of rotatable bonds is 4. The van der Waals surface area contributed by atoms with Crippen LogP contribution < -0.4 is 4.90 Å². The molecule has 7 heteroatoms. The molecule has 0 saturated carbocycles. The van der Waals surface area contributed by atoms with Crippen molar-refractivity contribution in [3.05, 3.63) is 164 Å². The summed E-state index contributed by atoms with van der Waals surface area (Å²) in [6.45, 7) is 0. The van der Waals surface area contributed by atoms with Crippen molar-refractivity contribution in [2.75, 3.05) is 4.90 Å². The van der Waals surface area contributed by atoms with Crippen LogP contribution in [0.3, 0.4) is 0 Å². The van der Waals surface area contributed by atoms with Crippen molar-refractivity contribution in [3.8, 4) is 28.7 Å². The lowest BCUT2D eigenvalue weighted by Crippen LogP contribution is -2.15. The second kappa shape index (κ2) is 11.4. The Bertz CT molecular complexity index is 3010. The van der Waals surface area contributed by atoms with Gasteiger partial charge in [-0.1, -0.05) is 121 Å². The highest BCUT2D eigenvalue weighted by atomic mass is 32.2. The molecule has 0 aliphatic carbocycles. The van der Waals surface area contributed by atoms with Gasteiger partial charge in [0.1, 0.15) is 11.2 Å². The highest BCUT2D eigenvalue weighted by molar-refractivity contribution is 7.99. The molecule has 3 aromatic heterocycles. The predicted octanol–water partition coefficient (Wildman–Crippen LogP) is 12.1. The molecule has 7 aromatic carbocycles. The van der Waals surface area contributed by atoms with E-state index in [4.69, 9.17) is 19.4 Å². The summed E-state index contributed by atoms with van der Waals surface area (Å²) in [5.41, 5.74) is 8.85. The topological polar surface area (TPSA) is 60.0 Å². The van der Waals surface area contributed by atoms with Gasteiger partial charge in [0.05, 0.1) is 22.4 Å². The second-order valence-corrected chi connectivity index (χ2v) is 13.9. The Morgan fingerprint density at radius 2 is 1.19 bits per heavy atom. The number of para-hydroxylation sites is 4. The van der Waals surface area contributed by atoms with Crippen LogP contribution in [0.1, 0.15) is 0 Å². The first kappa shape index (κ1) is 29.1. The van der Waals surface area contributed by atoms with E-state index in [1.54, 1.807) is 0 Å². The Morgan fingerprint density at radius 1 is 0.481 bits per heavy atom. The monoisotopic (exact) mass is 685 g/mol. The number of aromatic nitrogens is 4. The predicted molar refractivity (Wildman–Crippen MR) is 211 cm³/mol. The van der Waals surface area contributed by atoms with E-state index in [0.717, 1.165) is 71.9 Å². The molecule has 0 N–H and O–H groups in total. The van der Waals surface area contributed by atoms with Gasteiger partial charge in [0.2, 0.25) is 5.95 Å². The largest absolute Gasteiger partial charge is 0.456 e. The van der Waals surface area contributed by atoms with Crippen LogP contribution in [0.25, 0.3) is 72.5 Å². The van der Waals surface area contributed by atoms with Crippen LogP contribution in [0.15, 0.2) is 178 Å². The zero-order valence-electron chi connectivity index (χ0n) is 27.6. The highest BCUT2D eigenvalue weighted by Gasteiger charge is 2.28. The zero-order chi connectivity index (χ0) is 34.2. The van der Waals surface area contributed by atoms with Crippen molar-refractivity contribution in [2.24, 2.45) is 0 Å². The SMILES string of the molecule is c1ccc(-c2nc(-c3cccc4oc5ccccc5c34)nc(-n3c4ccccc4c4cc5c(cc43)N(c3ccccc3)c3ccccc3S5)n2)cc1. The average molecular weight is 686 g/mol. The van der Waals surface area contributed by atoms with Crippen molar-refractivity contribution in [1.82, 2.24) is 19.5 Å². The minimum atomic E-state index is 0.551. The highest BCUT2D eigenvalue weighted by Crippen LogP contribution is 2.53. The number of benzene rings is 7. The van der Waals surface area contributed by atoms with Crippen molar-refractivity contribution < 1.29 is 4.42 Å². The molecule has 0 amide bonds. The molecule has 52 heavy (non-hydrogen) atoms. The molecule has 10 aromatic rings. The maximum Gasteiger partial charge on any atom is 0.238 e. The first-order chi connectivity index (χ1) is 25.8. The molecule has 0 spiro atoms. The van der Waals surface area contributed by atoms with E-state index in [1.165, 1.54) is 9.79 Å². The number of furan rings is 1. The van der Waals surface area contributed by atoms with Gasteiger partial charge in [-0.25, -0.2) is 4.98 Å². The molecule has 0 unspecified atom stereocenters. The lowest BCUT2D eigenvalue weighted by molar-refractivity contribution is 0.669. The van der Waals surface area contributed by atoms with Gasteiger partial charge in [-0.15, -0.1) is 0 Å². The minimum Gasteiger partial charge on any atom is -0.456 e.